The predicted molar refractivity (Wildman–Crippen MR) is 85.5 cm³/mol. The molecule has 0 unspecified atom stereocenters. The maximum atomic E-state index is 3.99. The zero-order valence-electron chi connectivity index (χ0n) is 13.0. The number of rotatable bonds is 10. The molecular formula is C17H26N4. The third-order valence-corrected chi connectivity index (χ3v) is 3.89. The van der Waals surface area contributed by atoms with Crippen LogP contribution in [-0.2, 0) is 6.42 Å². The summed E-state index contributed by atoms with van der Waals surface area (Å²) in [5.74, 6) is 0. The fraction of sp³-hybridized carbons (Fsp3) is 0.588. The van der Waals surface area contributed by atoms with Gasteiger partial charge in [0.15, 0.2) is 0 Å². The van der Waals surface area contributed by atoms with E-state index in [0.29, 0.717) is 0 Å². The first-order valence-corrected chi connectivity index (χ1v) is 8.23. The first-order chi connectivity index (χ1) is 10.4. The van der Waals surface area contributed by atoms with Crippen molar-refractivity contribution in [3.63, 3.8) is 0 Å². The Labute approximate surface area is 127 Å². The number of nitrogens with zero attached hydrogens (tertiary/aromatic N) is 4. The Morgan fingerprint density at radius 2 is 1.62 bits per heavy atom. The van der Waals surface area contributed by atoms with Crippen molar-refractivity contribution in [1.82, 2.24) is 20.2 Å². The highest BCUT2D eigenvalue weighted by Crippen LogP contribution is 2.16. The molecule has 1 aromatic carbocycles. The second-order valence-corrected chi connectivity index (χ2v) is 5.61. The van der Waals surface area contributed by atoms with Crippen molar-refractivity contribution < 1.29 is 0 Å². The average Bonchev–Trinajstić information content (AvgIpc) is 3.04. The third-order valence-electron chi connectivity index (χ3n) is 3.89. The summed E-state index contributed by atoms with van der Waals surface area (Å²) in [5.41, 5.74) is 2.43. The van der Waals surface area contributed by atoms with E-state index in [0.717, 1.165) is 12.1 Å². The fourth-order valence-electron chi connectivity index (χ4n) is 2.67. The van der Waals surface area contributed by atoms with Crippen LogP contribution in [0.5, 0.6) is 0 Å². The van der Waals surface area contributed by atoms with E-state index in [1.807, 2.05) is 6.07 Å². The first-order valence-electron chi connectivity index (χ1n) is 8.23. The van der Waals surface area contributed by atoms with Crippen molar-refractivity contribution >= 4 is 0 Å². The minimum absolute atomic E-state index is 1.10. The van der Waals surface area contributed by atoms with Crippen LogP contribution in [0.1, 0.15) is 63.9 Å². The SMILES string of the molecule is CCCCCCCCCCc1ccccc1-n1cnnn1. The summed E-state index contributed by atoms with van der Waals surface area (Å²) in [5, 5.41) is 11.4. The second-order valence-electron chi connectivity index (χ2n) is 5.61. The summed E-state index contributed by atoms with van der Waals surface area (Å²) in [6.07, 6.45) is 13.6. The van der Waals surface area contributed by atoms with E-state index >= 15 is 0 Å². The van der Waals surface area contributed by atoms with Gasteiger partial charge >= 0.3 is 0 Å². The molecule has 0 atom stereocenters. The standard InChI is InChI=1S/C17H26N4/c1-2-3-4-5-6-7-8-9-12-16-13-10-11-14-17(16)21-15-18-19-20-21/h10-11,13-15H,2-9,12H2,1H3. The molecule has 0 radical (unpaired) electrons. The maximum Gasteiger partial charge on any atom is 0.143 e. The van der Waals surface area contributed by atoms with Crippen LogP contribution in [0.25, 0.3) is 5.69 Å². The van der Waals surface area contributed by atoms with Crippen LogP contribution >= 0.6 is 0 Å². The topological polar surface area (TPSA) is 43.6 Å². The lowest BCUT2D eigenvalue weighted by Crippen LogP contribution is -2.00. The minimum atomic E-state index is 1.10. The lowest BCUT2D eigenvalue weighted by molar-refractivity contribution is 0.575. The Bertz CT molecular complexity index is 493. The van der Waals surface area contributed by atoms with Crippen molar-refractivity contribution in [2.24, 2.45) is 0 Å². The molecule has 0 saturated heterocycles. The molecular weight excluding hydrogens is 260 g/mol. The predicted octanol–water partition coefficient (Wildman–Crippen LogP) is 4.35. The zero-order chi connectivity index (χ0) is 14.8. The Morgan fingerprint density at radius 3 is 2.33 bits per heavy atom. The van der Waals surface area contributed by atoms with Gasteiger partial charge in [-0.1, -0.05) is 70.1 Å². The van der Waals surface area contributed by atoms with Gasteiger partial charge in [-0.15, -0.1) is 5.10 Å². The third kappa shape index (κ3) is 5.29. The second kappa shape index (κ2) is 9.27. The molecule has 4 heteroatoms. The minimum Gasteiger partial charge on any atom is -0.200 e. The molecule has 4 nitrogen and oxygen atoms in total. The zero-order valence-corrected chi connectivity index (χ0v) is 13.0. The number of hydrogen-bond acceptors (Lipinski definition) is 3. The fourth-order valence-corrected chi connectivity index (χ4v) is 2.67. The van der Waals surface area contributed by atoms with E-state index in [4.69, 9.17) is 0 Å². The molecule has 2 rings (SSSR count). The maximum absolute atomic E-state index is 3.99. The molecule has 0 aliphatic heterocycles. The Hall–Kier alpha value is -1.71. The molecule has 0 spiro atoms. The quantitative estimate of drug-likeness (QED) is 0.610. The van der Waals surface area contributed by atoms with E-state index in [9.17, 15) is 0 Å². The van der Waals surface area contributed by atoms with Crippen LogP contribution in [0.15, 0.2) is 30.6 Å². The molecule has 0 saturated carbocycles. The van der Waals surface area contributed by atoms with Crippen LogP contribution in [0, 0.1) is 0 Å². The van der Waals surface area contributed by atoms with Crippen LogP contribution < -0.4 is 0 Å². The highest BCUT2D eigenvalue weighted by molar-refractivity contribution is 5.39. The van der Waals surface area contributed by atoms with Gasteiger partial charge in [-0.3, -0.25) is 0 Å². The number of para-hydroxylation sites is 1. The van der Waals surface area contributed by atoms with Crippen LogP contribution in [0.2, 0.25) is 0 Å². The van der Waals surface area contributed by atoms with E-state index in [2.05, 4.69) is 40.6 Å². The molecule has 114 valence electrons. The molecule has 0 bridgehead atoms. The van der Waals surface area contributed by atoms with Gasteiger partial charge in [0.25, 0.3) is 0 Å². The van der Waals surface area contributed by atoms with Crippen molar-refractivity contribution in [2.75, 3.05) is 0 Å². The molecule has 0 aliphatic carbocycles. The van der Waals surface area contributed by atoms with E-state index < -0.39 is 0 Å². The number of hydrogen-bond donors (Lipinski definition) is 0. The van der Waals surface area contributed by atoms with Gasteiger partial charge in [-0.25, -0.2) is 4.68 Å². The Balaban J connectivity index is 1.72. The van der Waals surface area contributed by atoms with Gasteiger partial charge in [-0.2, -0.15) is 0 Å². The highest BCUT2D eigenvalue weighted by atomic mass is 15.5. The van der Waals surface area contributed by atoms with Gasteiger partial charge in [0, 0.05) is 0 Å². The average molecular weight is 286 g/mol. The van der Waals surface area contributed by atoms with Crippen LogP contribution in [0.3, 0.4) is 0 Å². The normalized spacial score (nSPS) is 10.9. The van der Waals surface area contributed by atoms with Crippen molar-refractivity contribution in [2.45, 2.75) is 64.7 Å². The molecule has 0 N–H and O–H groups in total. The summed E-state index contributed by atoms with van der Waals surface area (Å²) >= 11 is 0. The van der Waals surface area contributed by atoms with Gasteiger partial charge in [0.1, 0.15) is 6.33 Å². The lowest BCUT2D eigenvalue weighted by Gasteiger charge is -2.08. The number of benzene rings is 1. The number of unbranched alkanes of at least 4 members (excludes halogenated alkanes) is 7. The Morgan fingerprint density at radius 1 is 0.905 bits per heavy atom. The van der Waals surface area contributed by atoms with Crippen LogP contribution in [-0.4, -0.2) is 20.2 Å². The summed E-state index contributed by atoms with van der Waals surface area (Å²) < 4.78 is 1.75. The summed E-state index contributed by atoms with van der Waals surface area (Å²) in [7, 11) is 0. The summed E-state index contributed by atoms with van der Waals surface area (Å²) in [6.45, 7) is 2.27. The summed E-state index contributed by atoms with van der Waals surface area (Å²) in [4.78, 5) is 0. The molecule has 1 aromatic heterocycles. The molecule has 0 aliphatic rings. The summed E-state index contributed by atoms with van der Waals surface area (Å²) in [6, 6.07) is 8.39. The van der Waals surface area contributed by atoms with Gasteiger partial charge in [-0.05, 0) is 34.9 Å². The number of aromatic nitrogens is 4. The lowest BCUT2D eigenvalue weighted by atomic mass is 10.0. The van der Waals surface area contributed by atoms with Crippen LogP contribution in [0.4, 0.5) is 0 Å². The van der Waals surface area contributed by atoms with Crippen molar-refractivity contribution in [3.05, 3.63) is 36.2 Å². The highest BCUT2D eigenvalue weighted by Gasteiger charge is 2.04. The largest absolute Gasteiger partial charge is 0.200 e. The van der Waals surface area contributed by atoms with Crippen molar-refractivity contribution in [1.29, 1.82) is 0 Å². The van der Waals surface area contributed by atoms with Gasteiger partial charge < -0.3 is 0 Å². The smallest absolute Gasteiger partial charge is 0.143 e. The van der Waals surface area contributed by atoms with E-state index in [1.165, 1.54) is 56.9 Å². The Kier molecular flexibility index (Phi) is 6.92. The number of aryl methyl sites for hydroxylation is 1. The van der Waals surface area contributed by atoms with Gasteiger partial charge in [0.05, 0.1) is 5.69 Å². The molecule has 0 fully saturated rings. The molecule has 2 aromatic rings. The van der Waals surface area contributed by atoms with Gasteiger partial charge in [0.2, 0.25) is 0 Å². The molecule has 1 heterocycles. The molecule has 0 amide bonds. The van der Waals surface area contributed by atoms with Crippen molar-refractivity contribution in [3.8, 4) is 5.69 Å². The van der Waals surface area contributed by atoms with E-state index in [-0.39, 0.29) is 0 Å². The van der Waals surface area contributed by atoms with E-state index in [1.54, 1.807) is 11.0 Å². The first kappa shape index (κ1) is 15.7. The molecule has 21 heavy (non-hydrogen) atoms. The number of tetrazole rings is 1. The monoisotopic (exact) mass is 286 g/mol.